The minimum Gasteiger partial charge on any atom is -0.481 e. The van der Waals surface area contributed by atoms with Crippen LogP contribution in [0.1, 0.15) is 23.1 Å². The highest BCUT2D eigenvalue weighted by molar-refractivity contribution is 6.17. The normalized spacial score (nSPS) is 10.8. The van der Waals surface area contributed by atoms with E-state index >= 15 is 0 Å². The van der Waals surface area contributed by atoms with Gasteiger partial charge in [-0.2, -0.15) is 0 Å². The van der Waals surface area contributed by atoms with Crippen molar-refractivity contribution in [2.75, 3.05) is 0 Å². The van der Waals surface area contributed by atoms with E-state index in [4.69, 9.17) is 16.7 Å². The van der Waals surface area contributed by atoms with Crippen molar-refractivity contribution in [3.63, 3.8) is 0 Å². The second kappa shape index (κ2) is 5.07. The van der Waals surface area contributed by atoms with Gasteiger partial charge in [-0.3, -0.25) is 9.59 Å². The molecule has 0 unspecified atom stereocenters. The van der Waals surface area contributed by atoms with E-state index in [0.29, 0.717) is 0 Å². The molecule has 1 rings (SSSR count). The maximum atomic E-state index is 12.7. The lowest BCUT2D eigenvalue weighted by molar-refractivity contribution is -0.136. The molecule has 0 saturated heterocycles. The number of nitrogens with one attached hydrogen (secondary N) is 1. The Kier molecular flexibility index (Phi) is 4.00. The third-order valence-electron chi connectivity index (χ3n) is 2.01. The Morgan fingerprint density at radius 1 is 1.56 bits per heavy atom. The number of hydrogen-bond donors (Lipinski definition) is 2. The predicted molar refractivity (Wildman–Crippen MR) is 52.9 cm³/mol. The van der Waals surface area contributed by atoms with E-state index < -0.39 is 35.5 Å². The highest BCUT2D eigenvalue weighted by Gasteiger charge is 2.21. The molecule has 16 heavy (non-hydrogen) atoms. The van der Waals surface area contributed by atoms with E-state index in [2.05, 4.69) is 4.98 Å². The lowest BCUT2D eigenvalue weighted by atomic mass is 10.0. The molecule has 0 aromatic carbocycles. The average Bonchev–Trinajstić information content (AvgIpc) is 2.19. The summed E-state index contributed by atoms with van der Waals surface area (Å²) in [6.07, 6.45) is -2.60. The van der Waals surface area contributed by atoms with Gasteiger partial charge in [-0.15, -0.1) is 11.6 Å². The second-order valence-electron chi connectivity index (χ2n) is 3.04. The van der Waals surface area contributed by atoms with Gasteiger partial charge in [0.25, 0.3) is 12.0 Å². The molecule has 0 radical (unpaired) electrons. The fraction of sp³-hybridized carbons (Fsp3) is 0.333. The fourth-order valence-electron chi connectivity index (χ4n) is 1.34. The second-order valence-corrected chi connectivity index (χ2v) is 3.31. The largest absolute Gasteiger partial charge is 0.481 e. The number of pyridine rings is 1. The quantitative estimate of drug-likeness (QED) is 0.800. The summed E-state index contributed by atoms with van der Waals surface area (Å²) in [7, 11) is 0. The highest BCUT2D eigenvalue weighted by Crippen LogP contribution is 2.25. The first-order valence-corrected chi connectivity index (χ1v) is 4.80. The molecule has 1 aromatic heterocycles. The van der Waals surface area contributed by atoms with E-state index in [-0.39, 0.29) is 11.4 Å². The molecule has 0 fully saturated rings. The van der Waals surface area contributed by atoms with Crippen LogP contribution < -0.4 is 5.56 Å². The van der Waals surface area contributed by atoms with Crippen molar-refractivity contribution in [2.24, 2.45) is 0 Å². The summed E-state index contributed by atoms with van der Waals surface area (Å²) in [4.78, 5) is 23.9. The van der Waals surface area contributed by atoms with Crippen molar-refractivity contribution in [3.8, 4) is 0 Å². The van der Waals surface area contributed by atoms with E-state index in [1.54, 1.807) is 0 Å². The number of halogens is 3. The number of alkyl halides is 3. The van der Waals surface area contributed by atoms with Gasteiger partial charge in [0.15, 0.2) is 0 Å². The summed E-state index contributed by atoms with van der Waals surface area (Å²) >= 11 is 5.43. The molecule has 1 heterocycles. The first-order valence-electron chi connectivity index (χ1n) is 4.26. The van der Waals surface area contributed by atoms with Gasteiger partial charge in [0.1, 0.15) is 0 Å². The van der Waals surface area contributed by atoms with Crippen molar-refractivity contribution < 1.29 is 18.7 Å². The number of carboxylic acid groups (broad SMARTS) is 1. The summed E-state index contributed by atoms with van der Waals surface area (Å²) in [6, 6.07) is 0. The molecular formula is C9H8ClF2NO3. The van der Waals surface area contributed by atoms with Crippen LogP contribution in [0.3, 0.4) is 0 Å². The summed E-state index contributed by atoms with van der Waals surface area (Å²) < 4.78 is 25.4. The van der Waals surface area contributed by atoms with Crippen LogP contribution in [-0.4, -0.2) is 16.1 Å². The van der Waals surface area contributed by atoms with Gasteiger partial charge < -0.3 is 10.1 Å². The molecule has 0 saturated carbocycles. The van der Waals surface area contributed by atoms with Gasteiger partial charge >= 0.3 is 5.97 Å². The molecule has 0 aliphatic carbocycles. The van der Waals surface area contributed by atoms with Crippen molar-refractivity contribution in [1.29, 1.82) is 0 Å². The van der Waals surface area contributed by atoms with Crippen LogP contribution in [0.4, 0.5) is 8.78 Å². The number of aromatic nitrogens is 1. The zero-order valence-corrected chi connectivity index (χ0v) is 8.72. The smallest absolute Gasteiger partial charge is 0.308 e. The molecule has 0 atom stereocenters. The average molecular weight is 252 g/mol. The van der Waals surface area contributed by atoms with E-state index in [1.165, 1.54) is 0 Å². The molecule has 2 N–H and O–H groups in total. The Hall–Kier alpha value is -1.43. The Morgan fingerprint density at radius 2 is 2.19 bits per heavy atom. The molecule has 0 aliphatic rings. The number of carbonyl (C=O) groups is 1. The molecular weight excluding hydrogens is 244 g/mol. The molecule has 0 spiro atoms. The van der Waals surface area contributed by atoms with Gasteiger partial charge in [0.2, 0.25) is 0 Å². The summed E-state index contributed by atoms with van der Waals surface area (Å²) in [5.74, 6) is -1.57. The van der Waals surface area contributed by atoms with E-state index in [1.807, 2.05) is 0 Å². The number of hydrogen-bond acceptors (Lipinski definition) is 2. The van der Waals surface area contributed by atoms with Crippen LogP contribution in [-0.2, 0) is 17.1 Å². The molecule has 4 nitrogen and oxygen atoms in total. The lowest BCUT2D eigenvalue weighted by Gasteiger charge is -2.10. The maximum Gasteiger partial charge on any atom is 0.308 e. The minimum atomic E-state index is -2.93. The Morgan fingerprint density at radius 3 is 2.62 bits per heavy atom. The SMILES string of the molecule is O=C(O)Cc1c(C(F)F)c(CCl)c[nH]c1=O. The van der Waals surface area contributed by atoms with Crippen molar-refractivity contribution in [3.05, 3.63) is 33.2 Å². The monoisotopic (exact) mass is 251 g/mol. The zero-order valence-electron chi connectivity index (χ0n) is 7.97. The molecule has 0 aliphatic heterocycles. The number of H-pyrrole nitrogens is 1. The number of aliphatic carboxylic acids is 1. The first-order chi connectivity index (χ1) is 7.47. The molecule has 0 amide bonds. The van der Waals surface area contributed by atoms with E-state index in [9.17, 15) is 18.4 Å². The van der Waals surface area contributed by atoms with Crippen molar-refractivity contribution >= 4 is 17.6 Å². The summed E-state index contributed by atoms with van der Waals surface area (Å²) in [5.41, 5.74) is -1.82. The third-order valence-corrected chi connectivity index (χ3v) is 2.30. The Labute approximate surface area is 93.9 Å². The first kappa shape index (κ1) is 12.6. The summed E-state index contributed by atoms with van der Waals surface area (Å²) in [6.45, 7) is 0. The van der Waals surface area contributed by atoms with Gasteiger partial charge in [-0.1, -0.05) is 0 Å². The third kappa shape index (κ3) is 2.57. The van der Waals surface area contributed by atoms with Crippen LogP contribution in [0.15, 0.2) is 11.0 Å². The van der Waals surface area contributed by atoms with Crippen LogP contribution >= 0.6 is 11.6 Å². The van der Waals surface area contributed by atoms with Crippen molar-refractivity contribution in [1.82, 2.24) is 4.98 Å². The summed E-state index contributed by atoms with van der Waals surface area (Å²) in [5, 5.41) is 8.53. The minimum absolute atomic E-state index is 0.0347. The molecule has 0 bridgehead atoms. The van der Waals surface area contributed by atoms with Crippen LogP contribution in [0, 0.1) is 0 Å². The van der Waals surface area contributed by atoms with E-state index in [0.717, 1.165) is 6.20 Å². The van der Waals surface area contributed by atoms with Crippen LogP contribution in [0.2, 0.25) is 0 Å². The standard InChI is InChI=1S/C9H8ClF2NO3/c10-2-4-3-13-9(16)5(1-6(14)15)7(4)8(11)12/h3,8H,1-2H2,(H,13,16)(H,14,15). The fourth-order valence-corrected chi connectivity index (χ4v) is 1.56. The van der Waals surface area contributed by atoms with Crippen molar-refractivity contribution in [2.45, 2.75) is 18.7 Å². The van der Waals surface area contributed by atoms with Crippen LogP contribution in [0.25, 0.3) is 0 Å². The maximum absolute atomic E-state index is 12.7. The highest BCUT2D eigenvalue weighted by atomic mass is 35.5. The Balaban J connectivity index is 3.41. The van der Waals surface area contributed by atoms with Gasteiger partial charge in [-0.25, -0.2) is 8.78 Å². The Bertz CT molecular complexity index is 459. The number of rotatable bonds is 4. The zero-order chi connectivity index (χ0) is 12.3. The van der Waals surface area contributed by atoms with Gasteiger partial charge in [-0.05, 0) is 5.56 Å². The predicted octanol–water partition coefficient (Wildman–Crippen LogP) is 1.68. The van der Waals surface area contributed by atoms with Gasteiger partial charge in [0.05, 0.1) is 6.42 Å². The number of carboxylic acids is 1. The lowest BCUT2D eigenvalue weighted by Crippen LogP contribution is -2.20. The topological polar surface area (TPSA) is 70.2 Å². The molecule has 1 aromatic rings. The number of aromatic amines is 1. The van der Waals surface area contributed by atoms with Gasteiger partial charge in [0, 0.05) is 23.2 Å². The molecule has 7 heteroatoms. The molecule has 88 valence electrons. The van der Waals surface area contributed by atoms with Crippen LogP contribution in [0.5, 0.6) is 0 Å².